The van der Waals surface area contributed by atoms with Crippen molar-refractivity contribution in [3.63, 3.8) is 0 Å². The Labute approximate surface area is 94.4 Å². The Hall–Kier alpha value is -0.610. The molecule has 1 rings (SSSR count). The zero-order chi connectivity index (χ0) is 11.3. The average Bonchev–Trinajstić information content (AvgIpc) is 2.44. The molecule has 0 aliphatic carbocycles. The number of unbranched alkanes of at least 4 members (excludes halogenated alkanes) is 3. The molecular formula is C11H19NO2S. The Kier molecular flexibility index (Phi) is 5.05. The zero-order valence-electron chi connectivity index (χ0n) is 9.45. The van der Waals surface area contributed by atoms with Crippen LogP contribution in [0.15, 0.2) is 4.79 Å². The van der Waals surface area contributed by atoms with E-state index < -0.39 is 0 Å². The fourth-order valence-electron chi connectivity index (χ4n) is 1.58. The van der Waals surface area contributed by atoms with E-state index in [1.54, 1.807) is 0 Å². The lowest BCUT2D eigenvalue weighted by molar-refractivity contribution is 0.282. The third-order valence-electron chi connectivity index (χ3n) is 2.67. The third-order valence-corrected chi connectivity index (χ3v) is 3.66. The molecule has 0 fully saturated rings. The van der Waals surface area contributed by atoms with Crippen molar-refractivity contribution in [2.75, 3.05) is 6.61 Å². The van der Waals surface area contributed by atoms with Crippen LogP contribution in [0.5, 0.6) is 0 Å². The first kappa shape index (κ1) is 12.5. The van der Waals surface area contributed by atoms with Gasteiger partial charge in [0.15, 0.2) is 0 Å². The normalized spacial score (nSPS) is 10.9. The molecule has 0 atom stereocenters. The Morgan fingerprint density at radius 2 is 1.87 bits per heavy atom. The topological polar surface area (TPSA) is 42.2 Å². The van der Waals surface area contributed by atoms with E-state index in [2.05, 4.69) is 0 Å². The van der Waals surface area contributed by atoms with Crippen LogP contribution in [0.25, 0.3) is 0 Å². The second kappa shape index (κ2) is 6.08. The predicted molar refractivity (Wildman–Crippen MR) is 63.6 cm³/mol. The van der Waals surface area contributed by atoms with Gasteiger partial charge in [-0.1, -0.05) is 24.2 Å². The first-order chi connectivity index (χ1) is 7.16. The lowest BCUT2D eigenvalue weighted by atomic mass is 10.2. The summed E-state index contributed by atoms with van der Waals surface area (Å²) in [6, 6.07) is 0. The van der Waals surface area contributed by atoms with E-state index in [1.807, 2.05) is 18.4 Å². The Balaban J connectivity index is 2.41. The predicted octanol–water partition coefficient (Wildman–Crippen LogP) is 2.08. The number of aromatic nitrogens is 1. The van der Waals surface area contributed by atoms with E-state index in [1.165, 1.54) is 11.3 Å². The fraction of sp³-hybridized carbons (Fsp3) is 0.727. The summed E-state index contributed by atoms with van der Waals surface area (Å²) < 4.78 is 1.86. The second-order valence-corrected chi connectivity index (χ2v) is 4.96. The second-order valence-electron chi connectivity index (χ2n) is 3.80. The first-order valence-corrected chi connectivity index (χ1v) is 6.26. The van der Waals surface area contributed by atoms with Crippen molar-refractivity contribution in [3.05, 3.63) is 20.2 Å². The highest BCUT2D eigenvalue weighted by atomic mass is 32.1. The maximum atomic E-state index is 11.5. The Morgan fingerprint density at radius 1 is 1.20 bits per heavy atom. The SMILES string of the molecule is Cc1sc(=O)n(CCCCCCO)c1C. The van der Waals surface area contributed by atoms with E-state index in [-0.39, 0.29) is 11.5 Å². The fourth-order valence-corrected chi connectivity index (χ4v) is 2.44. The number of nitrogens with zero attached hydrogens (tertiary/aromatic N) is 1. The first-order valence-electron chi connectivity index (χ1n) is 5.44. The van der Waals surface area contributed by atoms with Crippen molar-refractivity contribution in [1.82, 2.24) is 4.57 Å². The molecule has 1 aromatic rings. The van der Waals surface area contributed by atoms with E-state index in [0.717, 1.165) is 42.8 Å². The average molecular weight is 229 g/mol. The molecule has 0 bridgehead atoms. The summed E-state index contributed by atoms with van der Waals surface area (Å²) in [6.07, 6.45) is 4.03. The van der Waals surface area contributed by atoms with Gasteiger partial charge in [0.05, 0.1) is 0 Å². The Bertz CT molecular complexity index is 354. The van der Waals surface area contributed by atoms with Gasteiger partial charge < -0.3 is 9.67 Å². The standard InChI is InChI=1S/C11H19NO2S/c1-9-10(2)15-11(14)12(9)7-5-3-4-6-8-13/h13H,3-8H2,1-2H3. The van der Waals surface area contributed by atoms with Gasteiger partial charge in [-0.05, 0) is 26.7 Å². The minimum absolute atomic E-state index is 0.159. The molecule has 1 N–H and O–H groups in total. The molecule has 0 spiro atoms. The molecular weight excluding hydrogens is 210 g/mol. The van der Waals surface area contributed by atoms with Crippen LogP contribution in [-0.2, 0) is 6.54 Å². The largest absolute Gasteiger partial charge is 0.396 e. The zero-order valence-corrected chi connectivity index (χ0v) is 10.3. The van der Waals surface area contributed by atoms with Gasteiger partial charge in [-0.25, -0.2) is 0 Å². The maximum absolute atomic E-state index is 11.5. The number of rotatable bonds is 6. The maximum Gasteiger partial charge on any atom is 0.307 e. The Morgan fingerprint density at radius 3 is 2.40 bits per heavy atom. The van der Waals surface area contributed by atoms with Crippen LogP contribution in [0, 0.1) is 13.8 Å². The molecule has 86 valence electrons. The minimum atomic E-state index is 0.159. The van der Waals surface area contributed by atoms with Crippen LogP contribution in [0.1, 0.15) is 36.3 Å². The molecule has 15 heavy (non-hydrogen) atoms. The van der Waals surface area contributed by atoms with Crippen LogP contribution in [-0.4, -0.2) is 16.3 Å². The summed E-state index contributed by atoms with van der Waals surface area (Å²) in [6.45, 7) is 5.08. The number of thiazole rings is 1. The lowest BCUT2D eigenvalue weighted by Crippen LogP contribution is -2.14. The smallest absolute Gasteiger partial charge is 0.307 e. The van der Waals surface area contributed by atoms with Gasteiger partial charge >= 0.3 is 4.87 Å². The molecule has 0 saturated carbocycles. The van der Waals surface area contributed by atoms with Gasteiger partial charge in [-0.3, -0.25) is 4.79 Å². The van der Waals surface area contributed by atoms with E-state index >= 15 is 0 Å². The van der Waals surface area contributed by atoms with Crippen molar-refractivity contribution >= 4 is 11.3 Å². The van der Waals surface area contributed by atoms with Gasteiger partial charge in [-0.15, -0.1) is 0 Å². The van der Waals surface area contributed by atoms with Crippen molar-refractivity contribution in [2.45, 2.75) is 46.1 Å². The molecule has 0 amide bonds. The van der Waals surface area contributed by atoms with E-state index in [0.29, 0.717) is 0 Å². The van der Waals surface area contributed by atoms with Crippen molar-refractivity contribution in [1.29, 1.82) is 0 Å². The van der Waals surface area contributed by atoms with Crippen molar-refractivity contribution < 1.29 is 5.11 Å². The van der Waals surface area contributed by atoms with Crippen LogP contribution in [0.2, 0.25) is 0 Å². The highest BCUT2D eigenvalue weighted by molar-refractivity contribution is 7.09. The molecule has 0 aromatic carbocycles. The quantitative estimate of drug-likeness (QED) is 0.759. The van der Waals surface area contributed by atoms with Gasteiger partial charge in [-0.2, -0.15) is 0 Å². The number of hydrogen-bond donors (Lipinski definition) is 1. The molecule has 0 aliphatic heterocycles. The summed E-state index contributed by atoms with van der Waals surface area (Å²) in [4.78, 5) is 12.8. The molecule has 3 nitrogen and oxygen atoms in total. The number of aliphatic hydroxyl groups excluding tert-OH is 1. The van der Waals surface area contributed by atoms with E-state index in [9.17, 15) is 4.79 Å². The summed E-state index contributed by atoms with van der Waals surface area (Å²) in [5, 5.41) is 8.62. The lowest BCUT2D eigenvalue weighted by Gasteiger charge is -2.04. The van der Waals surface area contributed by atoms with Crippen molar-refractivity contribution in [2.24, 2.45) is 0 Å². The van der Waals surface area contributed by atoms with Crippen LogP contribution in [0.4, 0.5) is 0 Å². The highest BCUT2D eigenvalue weighted by Gasteiger charge is 2.06. The molecule has 0 aliphatic rings. The highest BCUT2D eigenvalue weighted by Crippen LogP contribution is 2.10. The summed E-state index contributed by atoms with van der Waals surface area (Å²) in [5.41, 5.74) is 1.10. The number of hydrogen-bond acceptors (Lipinski definition) is 3. The molecule has 4 heteroatoms. The van der Waals surface area contributed by atoms with Gasteiger partial charge in [0.1, 0.15) is 0 Å². The molecule has 1 heterocycles. The summed E-state index contributed by atoms with van der Waals surface area (Å²) in [7, 11) is 0. The minimum Gasteiger partial charge on any atom is -0.396 e. The van der Waals surface area contributed by atoms with Crippen LogP contribution in [0.3, 0.4) is 0 Å². The monoisotopic (exact) mass is 229 g/mol. The molecule has 0 unspecified atom stereocenters. The molecule has 1 aromatic heterocycles. The summed E-state index contributed by atoms with van der Waals surface area (Å²) >= 11 is 1.33. The molecule has 0 radical (unpaired) electrons. The van der Waals surface area contributed by atoms with Crippen LogP contribution < -0.4 is 4.87 Å². The number of aliphatic hydroxyl groups is 1. The van der Waals surface area contributed by atoms with Gasteiger partial charge in [0.25, 0.3) is 0 Å². The van der Waals surface area contributed by atoms with Gasteiger partial charge in [0.2, 0.25) is 0 Å². The van der Waals surface area contributed by atoms with Crippen molar-refractivity contribution in [3.8, 4) is 0 Å². The number of aryl methyl sites for hydroxylation is 1. The van der Waals surface area contributed by atoms with E-state index in [4.69, 9.17) is 5.11 Å². The van der Waals surface area contributed by atoms with Gasteiger partial charge in [0, 0.05) is 23.7 Å². The van der Waals surface area contributed by atoms with Crippen LogP contribution >= 0.6 is 11.3 Å². The molecule has 0 saturated heterocycles. The third kappa shape index (κ3) is 3.47. The summed E-state index contributed by atoms with van der Waals surface area (Å²) in [5.74, 6) is 0.